The average molecular weight is 257 g/mol. The Bertz CT molecular complexity index is 306. The number of esters is 1. The number of ether oxygens (including phenoxy) is 1. The predicted octanol–water partition coefficient (Wildman–Crippen LogP) is 1.66. The molecule has 0 radical (unpaired) electrons. The zero-order chi connectivity index (χ0) is 12.8. The Morgan fingerprint density at radius 1 is 1.76 bits per heavy atom. The fourth-order valence-electron chi connectivity index (χ4n) is 1.94. The molecule has 0 spiro atoms. The molecule has 0 aromatic carbocycles. The van der Waals surface area contributed by atoms with E-state index in [-0.39, 0.29) is 29.6 Å². The van der Waals surface area contributed by atoms with Crippen LogP contribution in [0.2, 0.25) is 0 Å². The van der Waals surface area contributed by atoms with Crippen LogP contribution in [-0.4, -0.2) is 41.6 Å². The number of carbonyl (C=O) groups is 2. The highest BCUT2D eigenvalue weighted by Gasteiger charge is 2.37. The van der Waals surface area contributed by atoms with Crippen molar-refractivity contribution in [2.24, 2.45) is 5.92 Å². The van der Waals surface area contributed by atoms with Crippen molar-refractivity contribution in [3.63, 3.8) is 0 Å². The van der Waals surface area contributed by atoms with Crippen LogP contribution < -0.4 is 0 Å². The van der Waals surface area contributed by atoms with Crippen molar-refractivity contribution in [1.82, 2.24) is 4.90 Å². The van der Waals surface area contributed by atoms with E-state index in [0.717, 1.165) is 12.2 Å². The van der Waals surface area contributed by atoms with Gasteiger partial charge in [-0.05, 0) is 6.42 Å². The van der Waals surface area contributed by atoms with E-state index in [1.807, 2.05) is 13.0 Å². The minimum absolute atomic E-state index is 0.0452. The van der Waals surface area contributed by atoms with Gasteiger partial charge in [0.1, 0.15) is 0 Å². The fourth-order valence-corrected chi connectivity index (χ4v) is 2.92. The maximum Gasteiger partial charge on any atom is 0.310 e. The number of thioether (sulfide) groups is 1. The molecule has 1 fully saturated rings. The third-order valence-corrected chi connectivity index (χ3v) is 4.20. The summed E-state index contributed by atoms with van der Waals surface area (Å²) in [5.41, 5.74) is 0. The zero-order valence-corrected chi connectivity index (χ0v) is 11.2. The van der Waals surface area contributed by atoms with Crippen LogP contribution in [0.3, 0.4) is 0 Å². The quantitative estimate of drug-likeness (QED) is 0.536. The van der Waals surface area contributed by atoms with Crippen molar-refractivity contribution in [3.8, 4) is 0 Å². The van der Waals surface area contributed by atoms with E-state index in [9.17, 15) is 9.59 Å². The number of methoxy groups -OCH3 is 1. The van der Waals surface area contributed by atoms with E-state index in [2.05, 4.69) is 11.3 Å². The second kappa shape index (κ2) is 6.69. The van der Waals surface area contributed by atoms with Crippen molar-refractivity contribution >= 4 is 23.6 Å². The lowest BCUT2D eigenvalue weighted by Gasteiger charge is -2.26. The number of hydrogen-bond acceptors (Lipinski definition) is 4. The molecule has 5 heteroatoms. The summed E-state index contributed by atoms with van der Waals surface area (Å²) in [5.74, 6) is 0.268. The molecule has 2 unspecified atom stereocenters. The van der Waals surface area contributed by atoms with E-state index in [1.54, 1.807) is 16.7 Å². The molecule has 0 aliphatic carbocycles. The molecular formula is C12H19NO3S. The van der Waals surface area contributed by atoms with Crippen LogP contribution in [0.5, 0.6) is 0 Å². The molecule has 1 rings (SSSR count). The number of rotatable bonds is 6. The molecule has 2 atom stereocenters. The van der Waals surface area contributed by atoms with E-state index in [1.165, 1.54) is 7.11 Å². The van der Waals surface area contributed by atoms with Crippen molar-refractivity contribution in [3.05, 3.63) is 12.7 Å². The maximum atomic E-state index is 11.8. The first-order valence-electron chi connectivity index (χ1n) is 5.73. The first-order valence-corrected chi connectivity index (χ1v) is 6.78. The number of likely N-dealkylation sites (tertiary alicyclic amines) is 1. The normalized spacial score (nSPS) is 21.4. The van der Waals surface area contributed by atoms with E-state index >= 15 is 0 Å². The van der Waals surface area contributed by atoms with Gasteiger partial charge < -0.3 is 9.64 Å². The molecule has 96 valence electrons. The van der Waals surface area contributed by atoms with Gasteiger partial charge in [-0.1, -0.05) is 13.0 Å². The molecule has 0 saturated carbocycles. The lowest BCUT2D eigenvalue weighted by atomic mass is 10.1. The van der Waals surface area contributed by atoms with Crippen molar-refractivity contribution in [2.75, 3.05) is 19.4 Å². The SMILES string of the molecule is C=CCSC(CC)N1CC(C(=O)OC)CC1=O. The number of amides is 1. The summed E-state index contributed by atoms with van der Waals surface area (Å²) in [6.07, 6.45) is 2.97. The first-order chi connectivity index (χ1) is 8.13. The second-order valence-electron chi connectivity index (χ2n) is 3.96. The predicted molar refractivity (Wildman–Crippen MR) is 68.6 cm³/mol. The van der Waals surface area contributed by atoms with Crippen LogP contribution in [0.1, 0.15) is 19.8 Å². The lowest BCUT2D eigenvalue weighted by Crippen LogP contribution is -2.34. The van der Waals surface area contributed by atoms with Gasteiger partial charge >= 0.3 is 5.97 Å². The number of nitrogens with zero attached hydrogens (tertiary/aromatic N) is 1. The third kappa shape index (κ3) is 3.49. The Kier molecular flexibility index (Phi) is 5.55. The molecule has 4 nitrogen and oxygen atoms in total. The Hall–Kier alpha value is -0.970. The Morgan fingerprint density at radius 3 is 3.00 bits per heavy atom. The Morgan fingerprint density at radius 2 is 2.47 bits per heavy atom. The highest BCUT2D eigenvalue weighted by Crippen LogP contribution is 2.28. The lowest BCUT2D eigenvalue weighted by molar-refractivity contribution is -0.145. The third-order valence-electron chi connectivity index (χ3n) is 2.80. The highest BCUT2D eigenvalue weighted by atomic mass is 32.2. The van der Waals surface area contributed by atoms with Gasteiger partial charge in [-0.25, -0.2) is 0 Å². The van der Waals surface area contributed by atoms with Crippen LogP contribution in [0, 0.1) is 5.92 Å². The molecule has 17 heavy (non-hydrogen) atoms. The molecule has 0 bridgehead atoms. The molecule has 1 aliphatic heterocycles. The maximum absolute atomic E-state index is 11.8. The van der Waals surface area contributed by atoms with E-state index in [0.29, 0.717) is 6.54 Å². The number of hydrogen-bond donors (Lipinski definition) is 0. The molecule has 0 N–H and O–H groups in total. The zero-order valence-electron chi connectivity index (χ0n) is 10.3. The summed E-state index contributed by atoms with van der Waals surface area (Å²) in [4.78, 5) is 25.0. The van der Waals surface area contributed by atoms with Crippen molar-refractivity contribution < 1.29 is 14.3 Å². The monoisotopic (exact) mass is 257 g/mol. The summed E-state index contributed by atoms with van der Waals surface area (Å²) >= 11 is 1.68. The van der Waals surface area contributed by atoms with Gasteiger partial charge in [0, 0.05) is 18.7 Å². The van der Waals surface area contributed by atoms with Crippen LogP contribution in [-0.2, 0) is 14.3 Å². The first kappa shape index (κ1) is 14.1. The Labute approximate surface area is 106 Å². The molecule has 0 aromatic rings. The average Bonchev–Trinajstić information content (AvgIpc) is 2.72. The topological polar surface area (TPSA) is 46.6 Å². The van der Waals surface area contributed by atoms with Crippen LogP contribution in [0.4, 0.5) is 0 Å². The second-order valence-corrected chi connectivity index (χ2v) is 5.17. The van der Waals surface area contributed by atoms with E-state index in [4.69, 9.17) is 0 Å². The largest absolute Gasteiger partial charge is 0.469 e. The van der Waals surface area contributed by atoms with Crippen LogP contribution in [0.25, 0.3) is 0 Å². The van der Waals surface area contributed by atoms with E-state index < -0.39 is 0 Å². The Balaban J connectivity index is 2.61. The molecule has 0 aromatic heterocycles. The molecule has 1 aliphatic rings. The summed E-state index contributed by atoms with van der Waals surface area (Å²) in [6, 6.07) is 0. The summed E-state index contributed by atoms with van der Waals surface area (Å²) < 4.78 is 4.68. The highest BCUT2D eigenvalue weighted by molar-refractivity contribution is 8.00. The summed E-state index contributed by atoms with van der Waals surface area (Å²) in [6.45, 7) is 6.19. The van der Waals surface area contributed by atoms with Gasteiger partial charge in [0.2, 0.25) is 5.91 Å². The van der Waals surface area contributed by atoms with Gasteiger partial charge in [-0.15, -0.1) is 18.3 Å². The standard InChI is InChI=1S/C12H19NO3S/c1-4-6-17-11(5-2)13-8-9(7-10(13)14)12(15)16-3/h4,9,11H,1,5-8H2,2-3H3. The van der Waals surface area contributed by atoms with Gasteiger partial charge in [-0.2, -0.15) is 0 Å². The van der Waals surface area contributed by atoms with Crippen molar-refractivity contribution in [1.29, 1.82) is 0 Å². The minimum atomic E-state index is -0.300. The van der Waals surface area contributed by atoms with Gasteiger partial charge in [0.15, 0.2) is 0 Å². The fraction of sp³-hybridized carbons (Fsp3) is 0.667. The van der Waals surface area contributed by atoms with Crippen LogP contribution >= 0.6 is 11.8 Å². The molecule has 1 heterocycles. The number of carbonyl (C=O) groups excluding carboxylic acids is 2. The molecule has 1 amide bonds. The molecular weight excluding hydrogens is 238 g/mol. The smallest absolute Gasteiger partial charge is 0.310 e. The van der Waals surface area contributed by atoms with Gasteiger partial charge in [0.25, 0.3) is 0 Å². The van der Waals surface area contributed by atoms with Gasteiger partial charge in [0.05, 0.1) is 18.4 Å². The summed E-state index contributed by atoms with van der Waals surface area (Å²) in [7, 11) is 1.36. The van der Waals surface area contributed by atoms with Crippen molar-refractivity contribution in [2.45, 2.75) is 25.1 Å². The minimum Gasteiger partial charge on any atom is -0.469 e. The molecule has 1 saturated heterocycles. The van der Waals surface area contributed by atoms with Gasteiger partial charge in [-0.3, -0.25) is 9.59 Å². The summed E-state index contributed by atoms with van der Waals surface area (Å²) in [5, 5.41) is 0.134. The van der Waals surface area contributed by atoms with Crippen LogP contribution in [0.15, 0.2) is 12.7 Å².